The number of carbonyl (C=O) groups excluding carboxylic acids is 1. The number of hydrogen-bond acceptors (Lipinski definition) is 1. The Morgan fingerprint density at radius 2 is 1.40 bits per heavy atom. The average molecular weight is 367 g/mol. The standard InChI is InChI=1S/C13H9.C6H10.C2H4.CH3NO.Ti/c1-3-7-12-10(5-1)9-11-6-2-4-8-13(11)12;1-5(2)6(3)4;1-2;2-1-3;/h1-9H;1,3H2,2,4H3;1-2H2;1H,(H2,2,3);/q;;;;+1/p-1. The predicted octanol–water partition coefficient (Wildman–Crippen LogP) is 5.56. The molecule has 0 unspecified atom stereocenters. The van der Waals surface area contributed by atoms with Crippen molar-refractivity contribution in [1.82, 2.24) is 3.80 Å². The van der Waals surface area contributed by atoms with Gasteiger partial charge in [-0.1, -0.05) is 24.3 Å². The van der Waals surface area contributed by atoms with Crippen LogP contribution in [0.4, 0.5) is 0 Å². The number of carbonyl (C=O) groups is 1. The summed E-state index contributed by atoms with van der Waals surface area (Å²) in [5.41, 5.74) is 7.75. The number of fused-ring (bicyclic) bond motifs is 3. The van der Waals surface area contributed by atoms with Crippen molar-refractivity contribution in [2.75, 3.05) is 0 Å². The summed E-state index contributed by atoms with van der Waals surface area (Å²) in [5.74, 6) is 0. The number of amides is 1. The van der Waals surface area contributed by atoms with E-state index in [4.69, 9.17) is 0 Å². The first-order chi connectivity index (χ1) is 12.0. The molecule has 1 N–H and O–H groups in total. The molecular weight excluding hydrogens is 342 g/mol. The second-order valence-electron chi connectivity index (χ2n) is 7.09. The van der Waals surface area contributed by atoms with Crippen LogP contribution in [0, 0.1) is 0 Å². The number of benzene rings is 2. The Morgan fingerprint density at radius 3 is 1.76 bits per heavy atom. The Hall–Kier alpha value is -1.90. The van der Waals surface area contributed by atoms with E-state index in [2.05, 4.69) is 65.5 Å². The molecule has 2 aromatic rings. The third kappa shape index (κ3) is 3.42. The van der Waals surface area contributed by atoms with Gasteiger partial charge in [0.05, 0.1) is 0 Å². The van der Waals surface area contributed by atoms with Gasteiger partial charge in [0, 0.05) is 0 Å². The Morgan fingerprint density at radius 1 is 0.960 bits per heavy atom. The summed E-state index contributed by atoms with van der Waals surface area (Å²) in [4.78, 5) is 11.0. The Bertz CT molecular complexity index is 778. The zero-order chi connectivity index (χ0) is 18.0. The van der Waals surface area contributed by atoms with Crippen molar-refractivity contribution in [2.45, 2.75) is 27.5 Å². The van der Waals surface area contributed by atoms with Crippen molar-refractivity contribution in [3.8, 4) is 11.1 Å². The van der Waals surface area contributed by atoms with Crippen LogP contribution in [-0.2, 0) is 21.6 Å². The van der Waals surface area contributed by atoms with Crippen LogP contribution in [0.1, 0.15) is 29.2 Å². The summed E-state index contributed by atoms with van der Waals surface area (Å²) in [6.07, 6.45) is 0.941. The molecule has 2 aliphatic rings. The molecule has 1 aliphatic carbocycles. The summed E-state index contributed by atoms with van der Waals surface area (Å²) in [6.45, 7) is 11.2. The second kappa shape index (κ2) is 7.15. The van der Waals surface area contributed by atoms with Gasteiger partial charge in [-0.25, -0.2) is 0 Å². The Balaban J connectivity index is 0.000000265. The molecule has 1 saturated heterocycles. The molecule has 128 valence electrons. The van der Waals surface area contributed by atoms with Gasteiger partial charge in [0.2, 0.25) is 0 Å². The maximum atomic E-state index is 11.0. The van der Waals surface area contributed by atoms with Crippen LogP contribution < -0.4 is 3.80 Å². The molecule has 0 atom stereocenters. The normalized spacial score (nSPS) is 15.9. The van der Waals surface area contributed by atoms with Gasteiger partial charge in [-0.15, -0.1) is 0 Å². The molecule has 0 aromatic heterocycles. The Labute approximate surface area is 154 Å². The minimum absolute atomic E-state index is 0.498. The SMILES string of the molecule is C=C(C)C(=C)C.O=C[NH][Ti]1([CH]2c3ccccc3-c3ccccc32)[CH2][CH2]1. The molecule has 1 aliphatic heterocycles. The van der Waals surface area contributed by atoms with E-state index in [0.29, 0.717) is 4.22 Å². The fraction of sp³-hybridized carbons (Fsp3) is 0.227. The first kappa shape index (κ1) is 17.9. The molecule has 0 saturated carbocycles. The summed E-state index contributed by atoms with van der Waals surface area (Å²) >= 11 is -2.20. The van der Waals surface area contributed by atoms with E-state index < -0.39 is 16.8 Å². The number of allylic oxidation sites excluding steroid dienone is 2. The zero-order valence-electron chi connectivity index (χ0n) is 15.0. The van der Waals surface area contributed by atoms with Gasteiger partial charge in [0.15, 0.2) is 0 Å². The topological polar surface area (TPSA) is 29.1 Å². The Kier molecular flexibility index (Phi) is 5.12. The van der Waals surface area contributed by atoms with E-state index in [0.717, 1.165) is 17.6 Å². The van der Waals surface area contributed by atoms with E-state index >= 15 is 0 Å². The van der Waals surface area contributed by atoms with Gasteiger partial charge in [0.25, 0.3) is 0 Å². The molecule has 1 amide bonds. The van der Waals surface area contributed by atoms with Crippen molar-refractivity contribution in [3.05, 3.63) is 84.0 Å². The van der Waals surface area contributed by atoms with Crippen LogP contribution in [-0.4, -0.2) is 6.41 Å². The van der Waals surface area contributed by atoms with Crippen LogP contribution >= 0.6 is 0 Å². The van der Waals surface area contributed by atoms with Crippen LogP contribution in [0.15, 0.2) is 72.8 Å². The predicted molar refractivity (Wildman–Crippen MR) is 102 cm³/mol. The van der Waals surface area contributed by atoms with Crippen molar-refractivity contribution >= 4 is 6.41 Å². The quantitative estimate of drug-likeness (QED) is 0.428. The first-order valence-corrected chi connectivity index (χ1v) is 12.6. The van der Waals surface area contributed by atoms with Gasteiger partial charge < -0.3 is 0 Å². The van der Waals surface area contributed by atoms with Crippen LogP contribution in [0.3, 0.4) is 0 Å². The van der Waals surface area contributed by atoms with E-state index in [1.54, 1.807) is 0 Å². The van der Waals surface area contributed by atoms with Gasteiger partial charge in [-0.2, -0.15) is 0 Å². The van der Waals surface area contributed by atoms with Crippen LogP contribution in [0.2, 0.25) is 9.45 Å². The van der Waals surface area contributed by atoms with Crippen LogP contribution in [0.5, 0.6) is 0 Å². The van der Waals surface area contributed by atoms with E-state index in [-0.39, 0.29) is 0 Å². The van der Waals surface area contributed by atoms with Gasteiger partial charge in [-0.3, -0.25) is 0 Å². The van der Waals surface area contributed by atoms with Crippen molar-refractivity contribution in [1.29, 1.82) is 0 Å². The maximum absolute atomic E-state index is 11.0. The van der Waals surface area contributed by atoms with E-state index in [1.165, 1.54) is 31.7 Å². The summed E-state index contributed by atoms with van der Waals surface area (Å²) in [6, 6.07) is 17.4. The van der Waals surface area contributed by atoms with Gasteiger partial charge in [0.1, 0.15) is 0 Å². The molecule has 1 fully saturated rings. The van der Waals surface area contributed by atoms with E-state index in [1.807, 2.05) is 13.8 Å². The molecule has 2 aromatic carbocycles. The third-order valence-corrected chi connectivity index (χ3v) is 11.5. The molecule has 0 spiro atoms. The molecule has 3 heteroatoms. The monoisotopic (exact) mass is 367 g/mol. The summed E-state index contributed by atoms with van der Waals surface area (Å²) in [7, 11) is 0. The van der Waals surface area contributed by atoms with Gasteiger partial charge in [-0.05, 0) is 13.8 Å². The molecule has 4 rings (SSSR count). The van der Waals surface area contributed by atoms with Crippen molar-refractivity contribution in [3.63, 3.8) is 0 Å². The fourth-order valence-corrected chi connectivity index (χ4v) is 10.3. The number of hydrogen-bond donors (Lipinski definition) is 1. The van der Waals surface area contributed by atoms with Crippen molar-refractivity contribution in [2.24, 2.45) is 0 Å². The number of rotatable bonds is 4. The van der Waals surface area contributed by atoms with E-state index in [9.17, 15) is 4.79 Å². The third-order valence-electron chi connectivity index (χ3n) is 5.25. The summed E-state index contributed by atoms with van der Waals surface area (Å²) < 4.78 is 6.27. The molecule has 0 radical (unpaired) electrons. The minimum atomic E-state index is -2.20. The second-order valence-corrected chi connectivity index (χ2v) is 13.6. The zero-order valence-corrected chi connectivity index (χ0v) is 16.6. The fourth-order valence-electron chi connectivity index (χ4n) is 3.52. The van der Waals surface area contributed by atoms with Crippen LogP contribution in [0.25, 0.3) is 11.1 Å². The number of nitrogens with one attached hydrogen (secondary N) is 1. The molecular formula is C22H25NOTi. The van der Waals surface area contributed by atoms with Gasteiger partial charge >= 0.3 is 116 Å². The van der Waals surface area contributed by atoms with Crippen molar-refractivity contribution < 1.29 is 21.6 Å². The molecule has 25 heavy (non-hydrogen) atoms. The summed E-state index contributed by atoms with van der Waals surface area (Å²) in [5, 5.41) is 0. The average Bonchev–Trinajstić information content (AvgIpc) is 3.29. The molecule has 2 nitrogen and oxygen atoms in total. The molecule has 1 heterocycles. The first-order valence-electron chi connectivity index (χ1n) is 8.71. The molecule has 0 bridgehead atoms.